The van der Waals surface area contributed by atoms with Crippen molar-refractivity contribution in [3.05, 3.63) is 23.8 Å². The molecule has 0 heterocycles. The van der Waals surface area contributed by atoms with Crippen molar-refractivity contribution in [1.82, 2.24) is 0 Å². The van der Waals surface area contributed by atoms with Gasteiger partial charge in [0.15, 0.2) is 11.5 Å². The topological polar surface area (TPSA) is 66.8 Å². The van der Waals surface area contributed by atoms with Crippen molar-refractivity contribution in [2.24, 2.45) is 0 Å². The molecule has 2 N–H and O–H groups in total. The number of carboxylic acid groups (broad SMARTS) is 1. The van der Waals surface area contributed by atoms with E-state index in [0.717, 1.165) is 0 Å². The van der Waals surface area contributed by atoms with Gasteiger partial charge < -0.3 is 14.9 Å². The van der Waals surface area contributed by atoms with E-state index in [0.29, 0.717) is 0 Å². The Morgan fingerprint density at radius 1 is 1.46 bits per heavy atom. The molecule has 1 aromatic carbocycles. The van der Waals surface area contributed by atoms with Gasteiger partial charge in [-0.25, -0.2) is 4.79 Å². The van der Waals surface area contributed by atoms with E-state index in [2.05, 4.69) is 0 Å². The molecular formula is C8H9NaO4. The van der Waals surface area contributed by atoms with Gasteiger partial charge in [0, 0.05) is 0 Å². The zero-order valence-electron chi connectivity index (χ0n) is 6.44. The van der Waals surface area contributed by atoms with Crippen LogP contribution >= 0.6 is 0 Å². The fraction of sp³-hybridized carbons (Fsp3) is 0.125. The van der Waals surface area contributed by atoms with Gasteiger partial charge >= 0.3 is 35.5 Å². The molecule has 66 valence electrons. The summed E-state index contributed by atoms with van der Waals surface area (Å²) in [5.74, 6) is -0.953. The van der Waals surface area contributed by atoms with Gasteiger partial charge in [-0.05, 0) is 18.2 Å². The number of ether oxygens (including phenoxy) is 1. The number of hydrogen-bond acceptors (Lipinski definition) is 3. The molecule has 0 amide bonds. The van der Waals surface area contributed by atoms with E-state index < -0.39 is 5.97 Å². The summed E-state index contributed by atoms with van der Waals surface area (Å²) in [6.07, 6.45) is 0. The first-order valence-corrected chi connectivity index (χ1v) is 3.25. The molecular weight excluding hydrogens is 183 g/mol. The minimum absolute atomic E-state index is 0. The van der Waals surface area contributed by atoms with Crippen LogP contribution in [0.15, 0.2) is 18.2 Å². The quantitative estimate of drug-likeness (QED) is 0.667. The number of hydrogen-bond donors (Lipinski definition) is 2. The first-order valence-electron chi connectivity index (χ1n) is 3.25. The normalized spacial score (nSPS) is 8.69. The van der Waals surface area contributed by atoms with Crippen molar-refractivity contribution in [3.63, 3.8) is 0 Å². The van der Waals surface area contributed by atoms with Crippen LogP contribution in [0.5, 0.6) is 11.5 Å². The molecule has 13 heavy (non-hydrogen) atoms. The molecule has 5 heteroatoms. The van der Waals surface area contributed by atoms with Crippen LogP contribution in [0.2, 0.25) is 0 Å². The van der Waals surface area contributed by atoms with Gasteiger partial charge in [-0.15, -0.1) is 0 Å². The Bertz CT molecular complexity index is 311. The molecule has 0 unspecified atom stereocenters. The summed E-state index contributed by atoms with van der Waals surface area (Å²) in [7, 11) is 1.36. The van der Waals surface area contributed by atoms with Gasteiger partial charge in [0.2, 0.25) is 0 Å². The van der Waals surface area contributed by atoms with Crippen molar-refractivity contribution in [1.29, 1.82) is 0 Å². The summed E-state index contributed by atoms with van der Waals surface area (Å²) in [5, 5.41) is 17.7. The SMILES string of the molecule is COc1cc(C(=O)O)ccc1O.[NaH]. The van der Waals surface area contributed by atoms with E-state index in [1.807, 2.05) is 0 Å². The van der Waals surface area contributed by atoms with Gasteiger partial charge in [-0.2, -0.15) is 0 Å². The second-order valence-electron chi connectivity index (χ2n) is 2.19. The molecule has 0 aliphatic rings. The molecule has 4 nitrogen and oxygen atoms in total. The zero-order valence-corrected chi connectivity index (χ0v) is 6.44. The van der Waals surface area contributed by atoms with Crippen molar-refractivity contribution in [2.75, 3.05) is 7.11 Å². The molecule has 0 aliphatic carbocycles. The molecule has 0 bridgehead atoms. The maximum atomic E-state index is 10.4. The molecule has 0 radical (unpaired) electrons. The number of methoxy groups -OCH3 is 1. The van der Waals surface area contributed by atoms with E-state index >= 15 is 0 Å². The molecule has 0 fully saturated rings. The Hall–Kier alpha value is -0.710. The maximum absolute atomic E-state index is 10.4. The van der Waals surface area contributed by atoms with Crippen LogP contribution in [0.4, 0.5) is 0 Å². The standard InChI is InChI=1S/C8H8O4.Na.H/c1-12-7-4-5(8(10)11)2-3-6(7)9;;/h2-4,9H,1H3,(H,10,11);;. The van der Waals surface area contributed by atoms with Crippen LogP contribution < -0.4 is 4.74 Å². The Morgan fingerprint density at radius 2 is 2.08 bits per heavy atom. The van der Waals surface area contributed by atoms with Crippen molar-refractivity contribution >= 4 is 35.5 Å². The van der Waals surface area contributed by atoms with Crippen LogP contribution in [-0.2, 0) is 0 Å². The zero-order chi connectivity index (χ0) is 9.14. The van der Waals surface area contributed by atoms with Crippen molar-refractivity contribution in [3.8, 4) is 11.5 Å². The van der Waals surface area contributed by atoms with Crippen LogP contribution in [0.3, 0.4) is 0 Å². The molecule has 0 spiro atoms. The van der Waals surface area contributed by atoms with Crippen LogP contribution in [0, 0.1) is 0 Å². The van der Waals surface area contributed by atoms with Gasteiger partial charge in [-0.1, -0.05) is 0 Å². The Morgan fingerprint density at radius 3 is 2.54 bits per heavy atom. The number of phenols is 1. The first kappa shape index (κ1) is 12.3. The fourth-order valence-electron chi connectivity index (χ4n) is 0.811. The molecule has 0 saturated carbocycles. The summed E-state index contributed by atoms with van der Waals surface area (Å²) < 4.78 is 4.72. The molecule has 0 saturated heterocycles. The number of aromatic hydroxyl groups is 1. The van der Waals surface area contributed by atoms with Gasteiger partial charge in [0.05, 0.1) is 12.7 Å². The van der Waals surface area contributed by atoms with Crippen LogP contribution in [-0.4, -0.2) is 52.8 Å². The third-order valence-corrected chi connectivity index (χ3v) is 1.43. The van der Waals surface area contributed by atoms with Gasteiger partial charge in [0.1, 0.15) is 0 Å². The van der Waals surface area contributed by atoms with E-state index in [9.17, 15) is 4.79 Å². The third-order valence-electron chi connectivity index (χ3n) is 1.43. The number of benzene rings is 1. The number of phenolic OH excluding ortho intramolecular Hbond substituents is 1. The van der Waals surface area contributed by atoms with E-state index in [1.165, 1.54) is 25.3 Å². The van der Waals surface area contributed by atoms with Gasteiger partial charge in [-0.3, -0.25) is 0 Å². The molecule has 1 rings (SSSR count). The Balaban J connectivity index is 0.00000144. The van der Waals surface area contributed by atoms with Crippen molar-refractivity contribution < 1.29 is 19.7 Å². The molecule has 0 atom stereocenters. The number of rotatable bonds is 2. The monoisotopic (exact) mass is 192 g/mol. The fourth-order valence-corrected chi connectivity index (χ4v) is 0.811. The predicted octanol–water partition coefficient (Wildman–Crippen LogP) is 0.450. The Kier molecular flexibility index (Phi) is 4.83. The summed E-state index contributed by atoms with van der Waals surface area (Å²) in [5.41, 5.74) is 0.0876. The van der Waals surface area contributed by atoms with Crippen molar-refractivity contribution in [2.45, 2.75) is 0 Å². The summed E-state index contributed by atoms with van der Waals surface area (Å²) in [6, 6.07) is 3.85. The van der Waals surface area contributed by atoms with E-state index in [1.54, 1.807) is 0 Å². The van der Waals surface area contributed by atoms with E-state index in [-0.39, 0.29) is 46.6 Å². The van der Waals surface area contributed by atoms with Crippen LogP contribution in [0.25, 0.3) is 0 Å². The van der Waals surface area contributed by atoms with Crippen LogP contribution in [0.1, 0.15) is 10.4 Å². The number of carboxylic acids is 1. The number of carbonyl (C=O) groups is 1. The first-order chi connectivity index (χ1) is 5.65. The second-order valence-corrected chi connectivity index (χ2v) is 2.19. The summed E-state index contributed by atoms with van der Waals surface area (Å²) >= 11 is 0. The van der Waals surface area contributed by atoms with E-state index in [4.69, 9.17) is 14.9 Å². The average Bonchev–Trinajstić information content (AvgIpc) is 2.05. The average molecular weight is 192 g/mol. The minimum atomic E-state index is -1.05. The second kappa shape index (κ2) is 5.11. The van der Waals surface area contributed by atoms with Gasteiger partial charge in [0.25, 0.3) is 0 Å². The predicted molar refractivity (Wildman–Crippen MR) is 48.8 cm³/mol. The molecule has 0 aromatic heterocycles. The summed E-state index contributed by atoms with van der Waals surface area (Å²) in [6.45, 7) is 0. The molecule has 0 aliphatic heterocycles. The number of aromatic carboxylic acids is 1. The summed E-state index contributed by atoms with van der Waals surface area (Å²) in [4.78, 5) is 10.4. The molecule has 1 aromatic rings. The Labute approximate surface area is 97.4 Å². The third kappa shape index (κ3) is 2.91.